The minimum absolute atomic E-state index is 0.675. The van der Waals surface area contributed by atoms with Gasteiger partial charge >= 0.3 is 0 Å². The molecule has 0 unspecified atom stereocenters. The van der Waals surface area contributed by atoms with Gasteiger partial charge in [0.15, 0.2) is 0 Å². The summed E-state index contributed by atoms with van der Waals surface area (Å²) in [5.74, 6) is 0. The van der Waals surface area contributed by atoms with E-state index in [1.807, 2.05) is 0 Å². The Kier molecular flexibility index (Phi) is 0.908. The maximum Gasteiger partial charge on any atom is 0.0259 e. The summed E-state index contributed by atoms with van der Waals surface area (Å²) >= 11 is 0. The topological polar surface area (TPSA) is 12.0 Å². The summed E-state index contributed by atoms with van der Waals surface area (Å²) in [5.41, 5.74) is 0. The second-order valence-electron chi connectivity index (χ2n) is 2.62. The normalized spacial score (nSPS) is 43.0. The Morgan fingerprint density at radius 1 is 1.50 bits per heavy atom. The molecule has 0 aromatic carbocycles. The van der Waals surface area contributed by atoms with Crippen molar-refractivity contribution >= 4 is 0 Å². The van der Waals surface area contributed by atoms with Gasteiger partial charge in [-0.1, -0.05) is 6.08 Å². The number of rotatable bonds is 0. The lowest BCUT2D eigenvalue weighted by atomic mass is 10.2. The first-order chi connectivity index (χ1) is 3.95. The summed E-state index contributed by atoms with van der Waals surface area (Å²) in [6, 6.07) is 1.44. The van der Waals surface area contributed by atoms with Crippen LogP contribution in [0.5, 0.6) is 0 Å². The quantitative estimate of drug-likeness (QED) is 0.485. The van der Waals surface area contributed by atoms with E-state index in [2.05, 4.69) is 17.5 Å². The highest BCUT2D eigenvalue weighted by atomic mass is 15.0. The number of hydrogen-bond acceptors (Lipinski definition) is 1. The Morgan fingerprint density at radius 3 is 3.25 bits per heavy atom. The fourth-order valence-electron chi connectivity index (χ4n) is 1.50. The fraction of sp³-hybridized carbons (Fsp3) is 0.714. The van der Waals surface area contributed by atoms with Gasteiger partial charge in [-0.3, -0.25) is 0 Å². The molecule has 0 saturated carbocycles. The molecular weight excluding hydrogens is 98.1 g/mol. The average molecular weight is 108 g/mol. The zero-order valence-electron chi connectivity index (χ0n) is 4.85. The molecule has 2 rings (SSSR count). The molecule has 43 valence electrons. The molecule has 2 heterocycles. The second kappa shape index (κ2) is 1.59. The average Bonchev–Trinajstić information content (AvgIpc) is 2.12. The third-order valence-electron chi connectivity index (χ3n) is 1.96. The van der Waals surface area contributed by atoms with Crippen molar-refractivity contribution in [2.75, 3.05) is 0 Å². The SMILES string of the molecule is [C]1=C[C@H]2CC[C@@H](C1)N2. The van der Waals surface area contributed by atoms with Crippen molar-refractivity contribution < 1.29 is 0 Å². The van der Waals surface area contributed by atoms with Crippen molar-refractivity contribution in [2.45, 2.75) is 31.3 Å². The lowest BCUT2D eigenvalue weighted by Gasteiger charge is -2.13. The molecule has 2 aliphatic rings. The van der Waals surface area contributed by atoms with E-state index in [1.54, 1.807) is 0 Å². The first kappa shape index (κ1) is 4.57. The molecule has 8 heavy (non-hydrogen) atoms. The molecule has 2 aliphatic heterocycles. The van der Waals surface area contributed by atoms with Crippen LogP contribution in [0, 0.1) is 6.08 Å². The van der Waals surface area contributed by atoms with Crippen molar-refractivity contribution in [3.63, 3.8) is 0 Å². The van der Waals surface area contributed by atoms with Crippen LogP contribution in [0.25, 0.3) is 0 Å². The van der Waals surface area contributed by atoms with Crippen molar-refractivity contribution in [1.82, 2.24) is 5.32 Å². The maximum absolute atomic E-state index is 3.47. The van der Waals surface area contributed by atoms with Gasteiger partial charge in [-0.15, -0.1) is 0 Å². The standard InChI is InChI=1S/C7H10N/c1-2-6-4-5-7(3-1)8-6/h2,6-8H,3-5H2/t6-,7+/m0/s1. The first-order valence-electron chi connectivity index (χ1n) is 3.28. The van der Waals surface area contributed by atoms with Crippen molar-refractivity contribution in [1.29, 1.82) is 0 Å². The van der Waals surface area contributed by atoms with Gasteiger partial charge < -0.3 is 5.32 Å². The van der Waals surface area contributed by atoms with Crippen LogP contribution >= 0.6 is 0 Å². The molecule has 1 nitrogen and oxygen atoms in total. The smallest absolute Gasteiger partial charge is 0.0259 e. The Balaban J connectivity index is 2.17. The maximum atomic E-state index is 3.47. The largest absolute Gasteiger partial charge is 0.307 e. The van der Waals surface area contributed by atoms with E-state index in [1.165, 1.54) is 12.8 Å². The highest BCUT2D eigenvalue weighted by Gasteiger charge is 2.23. The van der Waals surface area contributed by atoms with Gasteiger partial charge in [0, 0.05) is 12.1 Å². The fourth-order valence-corrected chi connectivity index (χ4v) is 1.50. The van der Waals surface area contributed by atoms with E-state index < -0.39 is 0 Å². The Hall–Kier alpha value is -0.300. The molecule has 2 bridgehead atoms. The minimum Gasteiger partial charge on any atom is -0.307 e. The first-order valence-corrected chi connectivity index (χ1v) is 3.28. The Morgan fingerprint density at radius 2 is 2.50 bits per heavy atom. The molecule has 2 atom stereocenters. The van der Waals surface area contributed by atoms with Gasteiger partial charge in [-0.05, 0) is 25.3 Å². The third kappa shape index (κ3) is 0.583. The number of fused-ring (bicyclic) bond motifs is 2. The van der Waals surface area contributed by atoms with E-state index >= 15 is 0 Å². The summed E-state index contributed by atoms with van der Waals surface area (Å²) in [5, 5.41) is 3.47. The van der Waals surface area contributed by atoms with Crippen LogP contribution in [-0.2, 0) is 0 Å². The van der Waals surface area contributed by atoms with Crippen LogP contribution in [0.15, 0.2) is 6.08 Å². The van der Waals surface area contributed by atoms with Gasteiger partial charge in [-0.25, -0.2) is 0 Å². The zero-order chi connectivity index (χ0) is 5.40. The predicted molar refractivity (Wildman–Crippen MR) is 32.4 cm³/mol. The monoisotopic (exact) mass is 108 g/mol. The molecule has 1 heteroatoms. The van der Waals surface area contributed by atoms with Gasteiger partial charge in [0.05, 0.1) is 0 Å². The molecule has 0 spiro atoms. The van der Waals surface area contributed by atoms with Gasteiger partial charge in [0.25, 0.3) is 0 Å². The second-order valence-corrected chi connectivity index (χ2v) is 2.62. The molecule has 1 radical (unpaired) electrons. The van der Waals surface area contributed by atoms with E-state index in [4.69, 9.17) is 0 Å². The summed E-state index contributed by atoms with van der Waals surface area (Å²) in [7, 11) is 0. The van der Waals surface area contributed by atoms with Gasteiger partial charge in [0.2, 0.25) is 0 Å². The van der Waals surface area contributed by atoms with Crippen molar-refractivity contribution in [2.24, 2.45) is 0 Å². The van der Waals surface area contributed by atoms with Crippen molar-refractivity contribution in [3.05, 3.63) is 12.2 Å². The molecule has 1 saturated heterocycles. The van der Waals surface area contributed by atoms with Crippen LogP contribution < -0.4 is 5.32 Å². The number of hydrogen-bond donors (Lipinski definition) is 1. The Labute approximate surface area is 49.8 Å². The van der Waals surface area contributed by atoms with Crippen molar-refractivity contribution in [3.8, 4) is 0 Å². The van der Waals surface area contributed by atoms with E-state index in [0.29, 0.717) is 6.04 Å². The van der Waals surface area contributed by atoms with E-state index in [0.717, 1.165) is 12.5 Å². The molecule has 0 aromatic heterocycles. The van der Waals surface area contributed by atoms with Crippen LogP contribution in [0.2, 0.25) is 0 Å². The lowest BCUT2D eigenvalue weighted by molar-refractivity contribution is 0.558. The summed E-state index contributed by atoms with van der Waals surface area (Å²) in [6.45, 7) is 0. The van der Waals surface area contributed by atoms with E-state index in [9.17, 15) is 0 Å². The number of nitrogens with one attached hydrogen (secondary N) is 1. The molecular formula is C7H10N. The summed E-state index contributed by atoms with van der Waals surface area (Å²) in [6.07, 6.45) is 9.25. The van der Waals surface area contributed by atoms with Crippen LogP contribution in [0.3, 0.4) is 0 Å². The molecule has 0 aliphatic carbocycles. The zero-order valence-corrected chi connectivity index (χ0v) is 4.85. The summed E-state index contributed by atoms with van der Waals surface area (Å²) in [4.78, 5) is 0. The third-order valence-corrected chi connectivity index (χ3v) is 1.96. The molecule has 1 fully saturated rings. The van der Waals surface area contributed by atoms with Crippen LogP contribution in [0.4, 0.5) is 0 Å². The highest BCUT2D eigenvalue weighted by molar-refractivity contribution is 5.02. The Bertz CT molecular complexity index is 118. The van der Waals surface area contributed by atoms with Crippen LogP contribution in [-0.4, -0.2) is 12.1 Å². The van der Waals surface area contributed by atoms with Gasteiger partial charge in [0.1, 0.15) is 0 Å². The molecule has 0 amide bonds. The molecule has 0 aromatic rings. The summed E-state index contributed by atoms with van der Waals surface area (Å²) < 4.78 is 0. The van der Waals surface area contributed by atoms with E-state index in [-0.39, 0.29) is 0 Å². The molecule has 1 N–H and O–H groups in total. The predicted octanol–water partition coefficient (Wildman–Crippen LogP) is 0.870. The highest BCUT2D eigenvalue weighted by Crippen LogP contribution is 2.19. The lowest BCUT2D eigenvalue weighted by Crippen LogP contribution is -2.30. The van der Waals surface area contributed by atoms with Gasteiger partial charge in [-0.2, -0.15) is 0 Å². The van der Waals surface area contributed by atoms with Crippen LogP contribution in [0.1, 0.15) is 19.3 Å². The minimum atomic E-state index is 0.675.